The summed E-state index contributed by atoms with van der Waals surface area (Å²) in [4.78, 5) is 59.6. The number of carbonyl (C=O) groups is 4. The third-order valence-corrected chi connectivity index (χ3v) is 10.6. The molecule has 3 N–H and O–H groups in total. The molecule has 1 unspecified atom stereocenters. The topological polar surface area (TPSA) is 197 Å². The number of nitrogens with two attached hydrogens (primary N) is 1. The van der Waals surface area contributed by atoms with Gasteiger partial charge >= 0.3 is 12.1 Å². The zero-order valence-corrected chi connectivity index (χ0v) is 30.6. The number of nitrogen functional groups attached to an aromatic ring is 1. The number of tetrazole rings is 1. The lowest BCUT2D eigenvalue weighted by Crippen LogP contribution is -2.70. The maximum absolute atomic E-state index is 13.6. The number of esters is 1. The number of thioether (sulfide) groups is 2. The highest BCUT2D eigenvalue weighted by Gasteiger charge is 2.54. The molecule has 5 rings (SSSR count). The Kier molecular flexibility index (Phi) is 15.0. The molecular weight excluding hydrogens is 729 g/mol. The number of β-lactam (4-membered cyclic amide) rings is 1. The molecule has 2 fully saturated rings. The number of amides is 2. The number of aromatic nitrogens is 5. The van der Waals surface area contributed by atoms with Gasteiger partial charge in [0.05, 0.1) is 18.7 Å². The van der Waals surface area contributed by atoms with E-state index in [9.17, 15) is 19.2 Å². The molecule has 48 heavy (non-hydrogen) atoms. The van der Waals surface area contributed by atoms with Crippen LogP contribution >= 0.6 is 59.7 Å². The molecule has 266 valence electrons. The largest absolute Gasteiger partial charge is 0.511 e. The number of thiazole rings is 1. The number of hydrogen-bond donors (Lipinski definition) is 2. The summed E-state index contributed by atoms with van der Waals surface area (Å²) >= 11 is 3.97. The normalized spacial score (nSPS) is 19.8. The second-order valence-corrected chi connectivity index (χ2v) is 14.2. The number of nitrogens with zero attached hydrogens (tertiary/aromatic N) is 7. The van der Waals surface area contributed by atoms with Crippen LogP contribution in [0.4, 0.5) is 9.93 Å². The van der Waals surface area contributed by atoms with Gasteiger partial charge in [0, 0.05) is 30.4 Å². The van der Waals surface area contributed by atoms with Gasteiger partial charge in [0.2, 0.25) is 17.4 Å². The predicted molar refractivity (Wildman–Crippen MR) is 184 cm³/mol. The van der Waals surface area contributed by atoms with Crippen molar-refractivity contribution in [1.29, 1.82) is 0 Å². The van der Waals surface area contributed by atoms with E-state index in [0.717, 1.165) is 38.6 Å². The summed E-state index contributed by atoms with van der Waals surface area (Å²) < 4.78 is 17.8. The molecule has 2 aromatic rings. The smallest absolute Gasteiger partial charge is 0.431 e. The van der Waals surface area contributed by atoms with Gasteiger partial charge in [-0.05, 0) is 55.8 Å². The highest BCUT2D eigenvalue weighted by atomic mass is 35.5. The van der Waals surface area contributed by atoms with Crippen LogP contribution in [0.3, 0.4) is 0 Å². The summed E-state index contributed by atoms with van der Waals surface area (Å²) in [5, 5.41) is 16.8. The van der Waals surface area contributed by atoms with Crippen LogP contribution < -0.4 is 11.1 Å². The maximum atomic E-state index is 13.6. The van der Waals surface area contributed by atoms with E-state index in [1.54, 1.807) is 10.1 Å². The number of nitrogens with one attached hydrogen (secondary N) is 1. The van der Waals surface area contributed by atoms with Crippen LogP contribution in [0.5, 0.6) is 0 Å². The predicted octanol–water partition coefficient (Wildman–Crippen LogP) is 2.48. The Hall–Kier alpha value is -2.84. The van der Waals surface area contributed by atoms with E-state index in [1.165, 1.54) is 46.7 Å². The quantitative estimate of drug-likeness (QED) is 0.130. The Morgan fingerprint density at radius 3 is 2.62 bits per heavy atom. The molecule has 3 atom stereocenters. The first-order chi connectivity index (χ1) is 22.1. The molecule has 0 radical (unpaired) electrons. The summed E-state index contributed by atoms with van der Waals surface area (Å²) in [5.41, 5.74) is 6.83. The molecule has 1 aliphatic carbocycles. The lowest BCUT2D eigenvalue weighted by Gasteiger charge is -2.49. The molecular formula is C27H39Cl2N9O7S3. The number of hydrogen-bond acceptors (Lipinski definition) is 16. The fourth-order valence-corrected chi connectivity index (χ4v) is 8.13. The van der Waals surface area contributed by atoms with Crippen molar-refractivity contribution in [3.05, 3.63) is 22.3 Å². The van der Waals surface area contributed by atoms with Crippen LogP contribution in [0.25, 0.3) is 0 Å². The van der Waals surface area contributed by atoms with E-state index in [2.05, 4.69) is 25.8 Å². The lowest BCUT2D eigenvalue weighted by molar-refractivity contribution is -0.170. The summed E-state index contributed by atoms with van der Waals surface area (Å²) in [6, 6.07) is -0.844. The number of rotatable bonds is 13. The molecule has 1 saturated carbocycles. The van der Waals surface area contributed by atoms with E-state index in [4.69, 9.17) is 19.9 Å². The minimum atomic E-state index is -1.27. The molecule has 4 heterocycles. The SMILES string of the molecule is CC(OC(=O)OC1CCCCC1)OC(=O)C1=C(CSc2nnnn2CCN(C)C)CS[C@@H]2[C@@H](NC(=O)Cc3csc(N)n3)C(=O)N12.Cl.Cl. The summed E-state index contributed by atoms with van der Waals surface area (Å²) in [5.74, 6) is -1.01. The standard InChI is InChI=1S/C27H37N9O7S3.2ClH/c1-15(42-27(40)43-18-7-5-4-6-8-18)41-24(39)21-16(13-46-26-31-32-33-35(26)10-9-34(2)3)12-44-23-20(22(38)36(21)23)30-19(37)11-17-14-45-25(28)29-17;;/h14-15,18,20,23H,4-13H2,1-3H3,(H2,28,29)(H,30,37);2*1H/t15?,20-,23+;;/m0../s1. The highest BCUT2D eigenvalue weighted by Crippen LogP contribution is 2.42. The van der Waals surface area contributed by atoms with Crippen LogP contribution in [0.15, 0.2) is 21.8 Å². The Labute approximate surface area is 302 Å². The van der Waals surface area contributed by atoms with Crippen LogP contribution in [0, 0.1) is 0 Å². The third kappa shape index (κ3) is 10.1. The van der Waals surface area contributed by atoms with Crippen molar-refractivity contribution in [2.75, 3.05) is 37.9 Å². The Morgan fingerprint density at radius 2 is 1.94 bits per heavy atom. The van der Waals surface area contributed by atoms with Gasteiger partial charge in [-0.3, -0.25) is 14.5 Å². The van der Waals surface area contributed by atoms with Crippen molar-refractivity contribution >= 4 is 88.7 Å². The summed E-state index contributed by atoms with van der Waals surface area (Å²) in [6.07, 6.45) is 2.14. The zero-order chi connectivity index (χ0) is 32.8. The van der Waals surface area contributed by atoms with Crippen molar-refractivity contribution in [3.63, 3.8) is 0 Å². The van der Waals surface area contributed by atoms with Crippen molar-refractivity contribution in [2.24, 2.45) is 0 Å². The third-order valence-electron chi connectivity index (χ3n) is 7.45. The molecule has 16 nitrogen and oxygen atoms in total. The highest BCUT2D eigenvalue weighted by molar-refractivity contribution is 8.01. The second-order valence-electron chi connectivity index (χ2n) is 11.3. The van der Waals surface area contributed by atoms with E-state index >= 15 is 0 Å². The second kappa shape index (κ2) is 18.2. The Balaban J connectivity index is 0.00000312. The molecule has 0 aromatic carbocycles. The minimum Gasteiger partial charge on any atom is -0.431 e. The number of anilines is 1. The molecule has 1 saturated heterocycles. The molecule has 0 spiro atoms. The molecule has 0 bridgehead atoms. The van der Waals surface area contributed by atoms with E-state index in [-0.39, 0.29) is 54.7 Å². The average Bonchev–Trinajstić information content (AvgIpc) is 3.65. The van der Waals surface area contributed by atoms with Gasteiger partial charge in [-0.1, -0.05) is 18.2 Å². The minimum absolute atomic E-state index is 0. The molecule has 2 aromatic heterocycles. The van der Waals surface area contributed by atoms with Gasteiger partial charge in [0.1, 0.15) is 23.2 Å². The number of carbonyl (C=O) groups excluding carboxylic acids is 4. The van der Waals surface area contributed by atoms with Gasteiger partial charge in [-0.15, -0.1) is 53.0 Å². The van der Waals surface area contributed by atoms with Crippen LogP contribution in [-0.2, 0) is 41.6 Å². The fraction of sp³-hybridized carbons (Fsp3) is 0.630. The summed E-state index contributed by atoms with van der Waals surface area (Å²) in [6.45, 7) is 2.70. The van der Waals surface area contributed by atoms with Gasteiger partial charge in [0.15, 0.2) is 5.13 Å². The fourth-order valence-electron chi connectivity index (χ4n) is 5.18. The van der Waals surface area contributed by atoms with Crippen molar-refractivity contribution in [3.8, 4) is 0 Å². The van der Waals surface area contributed by atoms with Crippen LogP contribution in [0.2, 0.25) is 0 Å². The van der Waals surface area contributed by atoms with Crippen LogP contribution in [0.1, 0.15) is 44.7 Å². The van der Waals surface area contributed by atoms with Crippen molar-refractivity contribution in [2.45, 2.75) is 81.0 Å². The van der Waals surface area contributed by atoms with Gasteiger partial charge in [-0.2, -0.15) is 0 Å². The van der Waals surface area contributed by atoms with E-state index in [0.29, 0.717) is 33.9 Å². The molecule has 2 aliphatic heterocycles. The molecule has 2 amide bonds. The Morgan fingerprint density at radius 1 is 1.19 bits per heavy atom. The molecule has 3 aliphatic rings. The lowest BCUT2D eigenvalue weighted by atomic mass is 9.98. The Bertz CT molecular complexity index is 1470. The number of halogens is 2. The molecule has 21 heteroatoms. The van der Waals surface area contributed by atoms with Crippen molar-refractivity contribution < 1.29 is 33.4 Å². The van der Waals surface area contributed by atoms with Gasteiger partial charge < -0.3 is 30.2 Å². The number of fused-ring (bicyclic) bond motifs is 1. The van der Waals surface area contributed by atoms with Crippen LogP contribution in [-0.4, -0.2) is 115 Å². The zero-order valence-electron chi connectivity index (χ0n) is 26.6. The number of ether oxygens (including phenoxy) is 3. The van der Waals surface area contributed by atoms with Gasteiger partial charge in [0.25, 0.3) is 5.91 Å². The van der Waals surface area contributed by atoms with Gasteiger partial charge in [-0.25, -0.2) is 19.3 Å². The first-order valence-electron chi connectivity index (χ1n) is 14.9. The maximum Gasteiger partial charge on any atom is 0.511 e. The summed E-state index contributed by atoms with van der Waals surface area (Å²) in [7, 11) is 3.90. The number of likely N-dealkylation sites (N-methyl/N-ethyl adjacent to an activating group) is 1. The first-order valence-corrected chi connectivity index (χ1v) is 17.8. The average molecular weight is 769 g/mol. The van der Waals surface area contributed by atoms with E-state index in [1.807, 2.05) is 19.0 Å². The monoisotopic (exact) mass is 767 g/mol. The first kappa shape index (κ1) is 39.6. The van der Waals surface area contributed by atoms with E-state index < -0.39 is 35.7 Å². The van der Waals surface area contributed by atoms with Crippen molar-refractivity contribution in [1.82, 2.24) is 40.3 Å².